The lowest BCUT2D eigenvalue weighted by atomic mass is 10.1. The van der Waals surface area contributed by atoms with E-state index in [1.807, 2.05) is 24.3 Å². The predicted molar refractivity (Wildman–Crippen MR) is 79.8 cm³/mol. The smallest absolute Gasteiger partial charge is 0.351 e. The Morgan fingerprint density at radius 3 is 2.90 bits per heavy atom. The number of hydrazone groups is 1. The highest BCUT2D eigenvalue weighted by atomic mass is 16.5. The van der Waals surface area contributed by atoms with Crippen molar-refractivity contribution in [1.82, 2.24) is 5.43 Å². The summed E-state index contributed by atoms with van der Waals surface area (Å²) in [7, 11) is 0. The number of hydrogen-bond acceptors (Lipinski definition) is 4. The Hall–Kier alpha value is -2.14. The first-order valence-corrected chi connectivity index (χ1v) is 6.41. The lowest BCUT2D eigenvalue weighted by Gasteiger charge is -2.02. The summed E-state index contributed by atoms with van der Waals surface area (Å²) in [5.41, 5.74) is 5.08. The van der Waals surface area contributed by atoms with Crippen molar-refractivity contribution < 1.29 is 14.6 Å². The van der Waals surface area contributed by atoms with E-state index in [2.05, 4.69) is 29.6 Å². The van der Waals surface area contributed by atoms with E-state index < -0.39 is 5.97 Å². The molecule has 0 aliphatic heterocycles. The van der Waals surface area contributed by atoms with Crippen molar-refractivity contribution in [3.63, 3.8) is 0 Å². The number of aliphatic carboxylic acids is 1. The van der Waals surface area contributed by atoms with E-state index in [1.165, 1.54) is 18.1 Å². The summed E-state index contributed by atoms with van der Waals surface area (Å²) < 4.78 is 5.37. The molecule has 0 amide bonds. The van der Waals surface area contributed by atoms with Gasteiger partial charge in [-0.05, 0) is 25.0 Å². The van der Waals surface area contributed by atoms with Gasteiger partial charge in [0.2, 0.25) is 0 Å². The van der Waals surface area contributed by atoms with Crippen LogP contribution in [0.15, 0.2) is 35.4 Å². The molecule has 2 N–H and O–H groups in total. The molecule has 0 unspecified atom stereocenters. The maximum Gasteiger partial charge on any atom is 0.351 e. The van der Waals surface area contributed by atoms with Crippen LogP contribution < -0.4 is 5.43 Å². The number of aryl methyl sites for hydroxylation is 1. The highest BCUT2D eigenvalue weighted by molar-refractivity contribution is 6.34. The molecule has 5 nitrogen and oxygen atoms in total. The standard InChI is InChI=1S/C15H20N2O3/c1-12-6-3-4-7-14(12)8-5-10-20-11-9-16-17-13(2)15(18)19/h3-8,16H,9-11H2,1-2H3,(H,18,19)/b8-5+,17-13?. The summed E-state index contributed by atoms with van der Waals surface area (Å²) >= 11 is 0. The molecule has 0 heterocycles. The lowest BCUT2D eigenvalue weighted by Crippen LogP contribution is -2.19. The molecule has 1 aromatic rings. The number of carboxylic acid groups (broad SMARTS) is 1. The van der Waals surface area contributed by atoms with Crippen LogP contribution >= 0.6 is 0 Å². The second-order valence-electron chi connectivity index (χ2n) is 4.24. The van der Waals surface area contributed by atoms with E-state index in [9.17, 15) is 4.79 Å². The molecule has 0 spiro atoms. The SMILES string of the molecule is CC(=NNCCOC/C=C/c1ccccc1C)C(=O)O. The van der Waals surface area contributed by atoms with Crippen molar-refractivity contribution >= 4 is 17.8 Å². The molecule has 5 heteroatoms. The van der Waals surface area contributed by atoms with Crippen molar-refractivity contribution in [2.75, 3.05) is 19.8 Å². The number of benzene rings is 1. The van der Waals surface area contributed by atoms with E-state index in [4.69, 9.17) is 9.84 Å². The fourth-order valence-corrected chi connectivity index (χ4v) is 1.44. The molecule has 0 saturated heterocycles. The fourth-order valence-electron chi connectivity index (χ4n) is 1.44. The van der Waals surface area contributed by atoms with Crippen LogP contribution in [0.25, 0.3) is 6.08 Å². The maximum atomic E-state index is 10.5. The van der Waals surface area contributed by atoms with E-state index in [1.54, 1.807) is 0 Å². The Morgan fingerprint density at radius 2 is 2.20 bits per heavy atom. The summed E-state index contributed by atoms with van der Waals surface area (Å²) in [6, 6.07) is 8.12. The zero-order valence-electron chi connectivity index (χ0n) is 11.8. The highest BCUT2D eigenvalue weighted by Gasteiger charge is 1.99. The molecule has 0 bridgehead atoms. The number of ether oxygens (including phenoxy) is 1. The molecular formula is C15H20N2O3. The van der Waals surface area contributed by atoms with Gasteiger partial charge in [-0.3, -0.25) is 0 Å². The molecule has 0 radical (unpaired) electrons. The minimum Gasteiger partial charge on any atom is -0.477 e. The van der Waals surface area contributed by atoms with Crippen LogP contribution in [0.3, 0.4) is 0 Å². The van der Waals surface area contributed by atoms with Crippen molar-refractivity contribution in [2.45, 2.75) is 13.8 Å². The number of hydrogen-bond donors (Lipinski definition) is 2. The minimum atomic E-state index is -1.03. The minimum absolute atomic E-state index is 0.0319. The number of nitrogens with one attached hydrogen (secondary N) is 1. The molecule has 0 atom stereocenters. The average Bonchev–Trinajstić information content (AvgIpc) is 2.43. The molecule has 1 rings (SSSR count). The first-order valence-electron chi connectivity index (χ1n) is 6.41. The second-order valence-corrected chi connectivity index (χ2v) is 4.24. The number of rotatable bonds is 8. The zero-order valence-corrected chi connectivity index (χ0v) is 11.8. The van der Waals surface area contributed by atoms with Gasteiger partial charge in [0, 0.05) is 0 Å². The van der Waals surface area contributed by atoms with Crippen molar-refractivity contribution in [3.8, 4) is 0 Å². The van der Waals surface area contributed by atoms with Gasteiger partial charge in [0.05, 0.1) is 19.8 Å². The molecule has 108 valence electrons. The van der Waals surface area contributed by atoms with Gasteiger partial charge in [-0.25, -0.2) is 4.79 Å². The van der Waals surface area contributed by atoms with Crippen LogP contribution in [-0.2, 0) is 9.53 Å². The normalized spacial score (nSPS) is 11.8. The summed E-state index contributed by atoms with van der Waals surface area (Å²) in [5, 5.41) is 12.2. The molecule has 0 aliphatic carbocycles. The Morgan fingerprint density at radius 1 is 1.45 bits per heavy atom. The zero-order chi connectivity index (χ0) is 14.8. The quantitative estimate of drug-likeness (QED) is 0.433. The van der Waals surface area contributed by atoms with E-state index in [0.717, 1.165) is 0 Å². The van der Waals surface area contributed by atoms with Crippen molar-refractivity contribution in [3.05, 3.63) is 41.5 Å². The van der Waals surface area contributed by atoms with Crippen LogP contribution in [0, 0.1) is 6.92 Å². The van der Waals surface area contributed by atoms with Gasteiger partial charge in [0.1, 0.15) is 5.71 Å². The first kappa shape index (κ1) is 15.9. The Labute approximate surface area is 119 Å². The number of nitrogens with zero attached hydrogens (tertiary/aromatic N) is 1. The van der Waals surface area contributed by atoms with E-state index in [-0.39, 0.29) is 5.71 Å². The van der Waals surface area contributed by atoms with Crippen molar-refractivity contribution in [1.29, 1.82) is 0 Å². The van der Waals surface area contributed by atoms with Crippen LogP contribution in [0.1, 0.15) is 18.1 Å². The Kier molecular flexibility index (Phi) is 7.06. The van der Waals surface area contributed by atoms with Crippen LogP contribution in [-0.4, -0.2) is 36.5 Å². The van der Waals surface area contributed by atoms with Crippen LogP contribution in [0.2, 0.25) is 0 Å². The summed E-state index contributed by atoms with van der Waals surface area (Å²) in [6.45, 7) is 4.95. The monoisotopic (exact) mass is 276 g/mol. The van der Waals surface area contributed by atoms with Crippen LogP contribution in [0.4, 0.5) is 0 Å². The van der Waals surface area contributed by atoms with Crippen LogP contribution in [0.5, 0.6) is 0 Å². The lowest BCUT2D eigenvalue weighted by molar-refractivity contribution is -0.129. The number of carboxylic acids is 1. The molecule has 20 heavy (non-hydrogen) atoms. The van der Waals surface area contributed by atoms with Gasteiger partial charge in [-0.1, -0.05) is 36.4 Å². The van der Waals surface area contributed by atoms with E-state index >= 15 is 0 Å². The van der Waals surface area contributed by atoms with Gasteiger partial charge in [0.15, 0.2) is 0 Å². The topological polar surface area (TPSA) is 70.9 Å². The summed E-state index contributed by atoms with van der Waals surface area (Å²) in [4.78, 5) is 10.5. The van der Waals surface area contributed by atoms with Gasteiger partial charge in [-0.15, -0.1) is 0 Å². The van der Waals surface area contributed by atoms with Gasteiger partial charge in [-0.2, -0.15) is 5.10 Å². The summed E-state index contributed by atoms with van der Waals surface area (Å²) in [6.07, 6.45) is 3.98. The highest BCUT2D eigenvalue weighted by Crippen LogP contribution is 2.08. The van der Waals surface area contributed by atoms with Crippen molar-refractivity contribution in [2.24, 2.45) is 5.10 Å². The van der Waals surface area contributed by atoms with Gasteiger partial charge >= 0.3 is 5.97 Å². The molecule has 0 aliphatic rings. The fraction of sp³-hybridized carbons (Fsp3) is 0.333. The van der Waals surface area contributed by atoms with Gasteiger partial charge < -0.3 is 15.3 Å². The molecule has 0 saturated carbocycles. The summed E-state index contributed by atoms with van der Waals surface area (Å²) in [5.74, 6) is -1.03. The third kappa shape index (κ3) is 6.15. The first-order chi connectivity index (χ1) is 9.61. The predicted octanol–water partition coefficient (Wildman–Crippen LogP) is 2.07. The molecule has 1 aromatic carbocycles. The third-order valence-electron chi connectivity index (χ3n) is 2.61. The average molecular weight is 276 g/mol. The Bertz CT molecular complexity index is 496. The number of carbonyl (C=O) groups is 1. The second kappa shape index (κ2) is 8.87. The molecular weight excluding hydrogens is 256 g/mol. The Balaban J connectivity index is 2.15. The van der Waals surface area contributed by atoms with Gasteiger partial charge in [0.25, 0.3) is 0 Å². The molecule has 0 fully saturated rings. The third-order valence-corrected chi connectivity index (χ3v) is 2.61. The molecule has 0 aromatic heterocycles. The largest absolute Gasteiger partial charge is 0.477 e. The van der Waals surface area contributed by atoms with E-state index in [0.29, 0.717) is 19.8 Å². The maximum absolute atomic E-state index is 10.5.